The van der Waals surface area contributed by atoms with Crippen LogP contribution in [0.4, 0.5) is 8.78 Å². The second kappa shape index (κ2) is 6.10. The Bertz CT molecular complexity index is 779. The summed E-state index contributed by atoms with van der Waals surface area (Å²) in [4.78, 5) is 0. The van der Waals surface area contributed by atoms with Gasteiger partial charge in [-0.05, 0) is 30.2 Å². The molecular weight excluding hydrogens is 282 g/mol. The van der Waals surface area contributed by atoms with Gasteiger partial charge >= 0.3 is 0 Å². The van der Waals surface area contributed by atoms with Gasteiger partial charge in [-0.15, -0.1) is 0 Å². The largest absolute Gasteiger partial charge is 0.281 e. The normalized spacial score (nSPS) is 10.9. The van der Waals surface area contributed by atoms with Crippen LogP contribution in [0.2, 0.25) is 0 Å². The monoisotopic (exact) mass is 298 g/mol. The van der Waals surface area contributed by atoms with Crippen molar-refractivity contribution in [2.45, 2.75) is 19.8 Å². The van der Waals surface area contributed by atoms with Gasteiger partial charge in [-0.3, -0.25) is 5.10 Å². The van der Waals surface area contributed by atoms with Gasteiger partial charge in [0.2, 0.25) is 0 Å². The summed E-state index contributed by atoms with van der Waals surface area (Å²) in [6, 6.07) is 13.7. The quantitative estimate of drug-likeness (QED) is 0.723. The highest BCUT2D eigenvalue weighted by molar-refractivity contribution is 5.82. The van der Waals surface area contributed by atoms with Crippen LogP contribution in [0.25, 0.3) is 22.4 Å². The van der Waals surface area contributed by atoms with E-state index in [0.717, 1.165) is 35.7 Å². The zero-order chi connectivity index (χ0) is 15.5. The Balaban J connectivity index is 2.17. The van der Waals surface area contributed by atoms with E-state index in [-0.39, 0.29) is 0 Å². The van der Waals surface area contributed by atoms with Crippen LogP contribution in [0, 0.1) is 11.6 Å². The van der Waals surface area contributed by atoms with Gasteiger partial charge in [-0.1, -0.05) is 43.7 Å². The van der Waals surface area contributed by atoms with Gasteiger partial charge in [0.05, 0.1) is 0 Å². The van der Waals surface area contributed by atoms with E-state index >= 15 is 0 Å². The standard InChI is InChI=1S/C18H16F2N2/c1-2-6-16-17(12-7-4-3-5-8-12)18(22-21-16)13-9-10-14(19)15(20)11-13/h3-5,7-11H,2,6H2,1H3,(H,21,22). The number of hydrogen-bond acceptors (Lipinski definition) is 1. The molecule has 3 aromatic rings. The van der Waals surface area contributed by atoms with Crippen LogP contribution in [-0.2, 0) is 6.42 Å². The Labute approximate surface area is 127 Å². The third-order valence-electron chi connectivity index (χ3n) is 3.60. The molecule has 0 atom stereocenters. The molecule has 0 saturated carbocycles. The summed E-state index contributed by atoms with van der Waals surface area (Å²) in [6.45, 7) is 2.09. The zero-order valence-electron chi connectivity index (χ0n) is 12.2. The molecule has 1 N–H and O–H groups in total. The molecule has 1 heterocycles. The van der Waals surface area contributed by atoms with Crippen LogP contribution in [0.15, 0.2) is 48.5 Å². The third-order valence-corrected chi connectivity index (χ3v) is 3.60. The molecular formula is C18H16F2N2. The van der Waals surface area contributed by atoms with Gasteiger partial charge in [-0.2, -0.15) is 5.10 Å². The molecule has 0 unspecified atom stereocenters. The average molecular weight is 298 g/mol. The van der Waals surface area contributed by atoms with Crippen molar-refractivity contribution >= 4 is 0 Å². The predicted octanol–water partition coefficient (Wildman–Crippen LogP) is 4.97. The minimum atomic E-state index is -0.864. The fourth-order valence-electron chi connectivity index (χ4n) is 2.58. The molecule has 0 aliphatic carbocycles. The van der Waals surface area contributed by atoms with E-state index in [1.807, 2.05) is 30.3 Å². The van der Waals surface area contributed by atoms with Gasteiger partial charge in [-0.25, -0.2) is 8.78 Å². The van der Waals surface area contributed by atoms with Crippen LogP contribution >= 0.6 is 0 Å². The molecule has 0 aliphatic heterocycles. The number of hydrogen-bond donors (Lipinski definition) is 1. The number of aryl methyl sites for hydroxylation is 1. The maximum Gasteiger partial charge on any atom is 0.159 e. The highest BCUT2D eigenvalue weighted by Crippen LogP contribution is 2.34. The van der Waals surface area contributed by atoms with E-state index in [4.69, 9.17) is 0 Å². The lowest BCUT2D eigenvalue weighted by Crippen LogP contribution is -1.90. The number of nitrogens with one attached hydrogen (secondary N) is 1. The zero-order valence-corrected chi connectivity index (χ0v) is 12.2. The number of halogens is 2. The van der Waals surface area contributed by atoms with Crippen molar-refractivity contribution < 1.29 is 8.78 Å². The highest BCUT2D eigenvalue weighted by Gasteiger charge is 2.17. The number of nitrogens with zero attached hydrogens (tertiary/aromatic N) is 1. The summed E-state index contributed by atoms with van der Waals surface area (Å²) in [7, 11) is 0. The summed E-state index contributed by atoms with van der Waals surface area (Å²) in [5.41, 5.74) is 4.19. The van der Waals surface area contributed by atoms with Crippen molar-refractivity contribution in [3.8, 4) is 22.4 Å². The number of H-pyrrole nitrogens is 1. The van der Waals surface area contributed by atoms with Crippen molar-refractivity contribution in [2.24, 2.45) is 0 Å². The Morgan fingerprint density at radius 2 is 1.73 bits per heavy atom. The summed E-state index contributed by atoms with van der Waals surface area (Å²) in [6.07, 6.45) is 1.82. The van der Waals surface area contributed by atoms with E-state index in [9.17, 15) is 8.78 Å². The SMILES string of the molecule is CCCc1[nH]nc(-c2ccc(F)c(F)c2)c1-c1ccccc1. The maximum atomic E-state index is 13.5. The summed E-state index contributed by atoms with van der Waals surface area (Å²) < 4.78 is 26.7. The first-order chi connectivity index (χ1) is 10.7. The lowest BCUT2D eigenvalue weighted by Gasteiger charge is -2.06. The Morgan fingerprint density at radius 1 is 0.955 bits per heavy atom. The van der Waals surface area contributed by atoms with Crippen molar-refractivity contribution in [2.75, 3.05) is 0 Å². The average Bonchev–Trinajstić information content (AvgIpc) is 2.95. The first kappa shape index (κ1) is 14.4. The van der Waals surface area contributed by atoms with Crippen molar-refractivity contribution in [1.82, 2.24) is 10.2 Å². The lowest BCUT2D eigenvalue weighted by atomic mass is 9.97. The molecule has 3 rings (SSSR count). The summed E-state index contributed by atoms with van der Waals surface area (Å²) in [5.74, 6) is -1.72. The van der Waals surface area contributed by atoms with E-state index < -0.39 is 11.6 Å². The van der Waals surface area contributed by atoms with Crippen LogP contribution in [0.5, 0.6) is 0 Å². The van der Waals surface area contributed by atoms with Gasteiger partial charge in [0.15, 0.2) is 11.6 Å². The molecule has 22 heavy (non-hydrogen) atoms. The van der Waals surface area contributed by atoms with Gasteiger partial charge in [0.1, 0.15) is 5.69 Å². The smallest absolute Gasteiger partial charge is 0.159 e. The molecule has 0 bridgehead atoms. The number of aromatic nitrogens is 2. The van der Waals surface area contributed by atoms with Gasteiger partial charge in [0, 0.05) is 16.8 Å². The minimum absolute atomic E-state index is 0.566. The molecule has 2 aromatic carbocycles. The Kier molecular flexibility index (Phi) is 4.00. The Morgan fingerprint density at radius 3 is 2.41 bits per heavy atom. The van der Waals surface area contributed by atoms with Gasteiger partial charge < -0.3 is 0 Å². The number of benzene rings is 2. The Hall–Kier alpha value is -2.49. The van der Waals surface area contributed by atoms with Crippen LogP contribution in [0.1, 0.15) is 19.0 Å². The molecule has 2 nitrogen and oxygen atoms in total. The fourth-order valence-corrected chi connectivity index (χ4v) is 2.58. The van der Waals surface area contributed by atoms with Crippen LogP contribution in [-0.4, -0.2) is 10.2 Å². The number of aromatic amines is 1. The second-order valence-corrected chi connectivity index (χ2v) is 5.17. The minimum Gasteiger partial charge on any atom is -0.281 e. The van der Waals surface area contributed by atoms with Crippen LogP contribution < -0.4 is 0 Å². The van der Waals surface area contributed by atoms with E-state index in [1.54, 1.807) is 6.07 Å². The topological polar surface area (TPSA) is 28.7 Å². The predicted molar refractivity (Wildman–Crippen MR) is 83.4 cm³/mol. The molecule has 0 fully saturated rings. The second-order valence-electron chi connectivity index (χ2n) is 5.17. The molecule has 0 aliphatic rings. The van der Waals surface area contributed by atoms with E-state index in [2.05, 4.69) is 17.1 Å². The van der Waals surface area contributed by atoms with E-state index in [1.165, 1.54) is 6.07 Å². The maximum absolute atomic E-state index is 13.5. The highest BCUT2D eigenvalue weighted by atomic mass is 19.2. The lowest BCUT2D eigenvalue weighted by molar-refractivity contribution is 0.509. The van der Waals surface area contributed by atoms with Gasteiger partial charge in [0.25, 0.3) is 0 Å². The van der Waals surface area contributed by atoms with Crippen molar-refractivity contribution in [1.29, 1.82) is 0 Å². The summed E-state index contributed by atoms with van der Waals surface area (Å²) in [5, 5.41) is 7.38. The molecule has 0 radical (unpaired) electrons. The van der Waals surface area contributed by atoms with Crippen molar-refractivity contribution in [3.63, 3.8) is 0 Å². The first-order valence-corrected chi connectivity index (χ1v) is 7.28. The molecule has 1 aromatic heterocycles. The van der Waals surface area contributed by atoms with Crippen molar-refractivity contribution in [3.05, 3.63) is 65.9 Å². The molecule has 112 valence electrons. The summed E-state index contributed by atoms with van der Waals surface area (Å²) >= 11 is 0. The fraction of sp³-hybridized carbons (Fsp3) is 0.167. The third kappa shape index (κ3) is 2.64. The molecule has 0 saturated heterocycles. The number of rotatable bonds is 4. The first-order valence-electron chi connectivity index (χ1n) is 7.28. The van der Waals surface area contributed by atoms with E-state index in [0.29, 0.717) is 11.3 Å². The molecule has 4 heteroatoms. The van der Waals surface area contributed by atoms with Crippen LogP contribution in [0.3, 0.4) is 0 Å². The molecule has 0 spiro atoms. The molecule has 0 amide bonds.